The van der Waals surface area contributed by atoms with Gasteiger partial charge in [0.15, 0.2) is 0 Å². The molecule has 1 aromatic rings. The molecule has 0 unspecified atom stereocenters. The number of ether oxygens (including phenoxy) is 2. The second kappa shape index (κ2) is 6.55. The fraction of sp³-hybridized carbons (Fsp3) is 0.571. The Morgan fingerprint density at radius 2 is 2.00 bits per heavy atom. The van der Waals surface area contributed by atoms with E-state index in [2.05, 4.69) is 15.9 Å². The molecular weight excluding hydrogens is 294 g/mol. The molecule has 0 atom stereocenters. The highest BCUT2D eigenvalue weighted by atomic mass is 79.9. The van der Waals surface area contributed by atoms with Crippen LogP contribution in [0.4, 0.5) is 0 Å². The number of halogens is 1. The molecule has 3 nitrogen and oxygen atoms in total. The summed E-state index contributed by atoms with van der Waals surface area (Å²) in [7, 11) is 0. The zero-order valence-corrected chi connectivity index (χ0v) is 12.1. The average Bonchev–Trinajstić information content (AvgIpc) is 2.76. The molecule has 1 aliphatic rings. The summed E-state index contributed by atoms with van der Waals surface area (Å²) >= 11 is 3.41. The molecule has 0 aromatic heterocycles. The van der Waals surface area contributed by atoms with E-state index in [1.807, 2.05) is 24.3 Å². The summed E-state index contributed by atoms with van der Waals surface area (Å²) in [4.78, 5) is 0. The molecule has 4 heteroatoms. The van der Waals surface area contributed by atoms with Gasteiger partial charge in [0, 0.05) is 10.0 Å². The van der Waals surface area contributed by atoms with Gasteiger partial charge in [-0.3, -0.25) is 0 Å². The first-order valence-corrected chi connectivity index (χ1v) is 7.22. The lowest BCUT2D eigenvalue weighted by Gasteiger charge is -2.23. The van der Waals surface area contributed by atoms with Crippen molar-refractivity contribution in [3.05, 3.63) is 28.7 Å². The number of rotatable bonds is 6. The highest BCUT2D eigenvalue weighted by Crippen LogP contribution is 2.27. The minimum Gasteiger partial charge on any atom is -0.491 e. The molecule has 1 fully saturated rings. The molecule has 1 aromatic carbocycles. The maximum atomic E-state index is 6.20. The van der Waals surface area contributed by atoms with Crippen LogP contribution in [-0.4, -0.2) is 25.4 Å². The van der Waals surface area contributed by atoms with Crippen molar-refractivity contribution < 1.29 is 9.47 Å². The van der Waals surface area contributed by atoms with Gasteiger partial charge in [0.05, 0.1) is 13.2 Å². The zero-order chi connectivity index (χ0) is 12.8. The summed E-state index contributed by atoms with van der Waals surface area (Å²) in [6.45, 7) is 1.80. The molecule has 2 rings (SSSR count). The lowest BCUT2D eigenvalue weighted by atomic mass is 10.0. The van der Waals surface area contributed by atoms with E-state index < -0.39 is 0 Å². The van der Waals surface area contributed by atoms with Crippen molar-refractivity contribution in [2.24, 2.45) is 5.73 Å². The smallest absolute Gasteiger partial charge is 0.120 e. The standard InChI is InChI=1S/C14H20BrNO2/c15-12-4-3-5-13(10-12)18-9-8-17-11-14(16)6-1-2-7-14/h3-5,10H,1-2,6-9,11,16H2. The summed E-state index contributed by atoms with van der Waals surface area (Å²) in [5.74, 6) is 0.858. The quantitative estimate of drug-likeness (QED) is 0.821. The molecule has 2 N–H and O–H groups in total. The normalized spacial score (nSPS) is 17.9. The van der Waals surface area contributed by atoms with Gasteiger partial charge in [-0.15, -0.1) is 0 Å². The minimum atomic E-state index is -0.0875. The lowest BCUT2D eigenvalue weighted by molar-refractivity contribution is 0.0643. The van der Waals surface area contributed by atoms with Crippen molar-refractivity contribution in [3.8, 4) is 5.75 Å². The molecule has 100 valence electrons. The third kappa shape index (κ3) is 4.26. The fourth-order valence-corrected chi connectivity index (χ4v) is 2.65. The molecule has 0 radical (unpaired) electrons. The van der Waals surface area contributed by atoms with Crippen LogP contribution in [0.5, 0.6) is 5.75 Å². The van der Waals surface area contributed by atoms with Gasteiger partial charge in [-0.1, -0.05) is 34.8 Å². The van der Waals surface area contributed by atoms with E-state index in [0.29, 0.717) is 19.8 Å². The Hall–Kier alpha value is -0.580. The predicted molar refractivity (Wildman–Crippen MR) is 75.8 cm³/mol. The van der Waals surface area contributed by atoms with Crippen molar-refractivity contribution in [1.29, 1.82) is 0 Å². The monoisotopic (exact) mass is 313 g/mol. The largest absolute Gasteiger partial charge is 0.491 e. The van der Waals surface area contributed by atoms with Crippen LogP contribution in [0.25, 0.3) is 0 Å². The van der Waals surface area contributed by atoms with Gasteiger partial charge in [-0.05, 0) is 31.0 Å². The summed E-state index contributed by atoms with van der Waals surface area (Å²) in [6.07, 6.45) is 4.63. The van der Waals surface area contributed by atoms with Gasteiger partial charge in [-0.25, -0.2) is 0 Å². The Labute approximate surface area is 117 Å². The Bertz CT molecular complexity index is 378. The van der Waals surface area contributed by atoms with Gasteiger partial charge in [0.25, 0.3) is 0 Å². The van der Waals surface area contributed by atoms with E-state index in [9.17, 15) is 0 Å². The molecule has 0 aliphatic heterocycles. The highest BCUT2D eigenvalue weighted by molar-refractivity contribution is 9.10. The molecule has 0 bridgehead atoms. The van der Waals surface area contributed by atoms with Gasteiger partial charge < -0.3 is 15.2 Å². The van der Waals surface area contributed by atoms with E-state index in [1.54, 1.807) is 0 Å². The Kier molecular flexibility index (Phi) is 5.03. The number of nitrogens with two attached hydrogens (primary N) is 1. The SMILES string of the molecule is NC1(COCCOc2cccc(Br)c2)CCCC1. The van der Waals surface area contributed by atoms with Gasteiger partial charge >= 0.3 is 0 Å². The molecule has 1 aliphatic carbocycles. The Morgan fingerprint density at radius 3 is 2.72 bits per heavy atom. The summed E-state index contributed by atoms with van der Waals surface area (Å²) in [5, 5.41) is 0. The van der Waals surface area contributed by atoms with Crippen LogP contribution in [0.15, 0.2) is 28.7 Å². The van der Waals surface area contributed by atoms with Gasteiger partial charge in [0.1, 0.15) is 12.4 Å². The van der Waals surface area contributed by atoms with Gasteiger partial charge in [0.2, 0.25) is 0 Å². The van der Waals surface area contributed by atoms with Crippen LogP contribution in [0.3, 0.4) is 0 Å². The van der Waals surface area contributed by atoms with Crippen molar-refractivity contribution in [2.45, 2.75) is 31.2 Å². The molecular formula is C14H20BrNO2. The third-order valence-electron chi connectivity index (χ3n) is 3.28. The second-order valence-corrected chi connectivity index (χ2v) is 5.84. The topological polar surface area (TPSA) is 44.5 Å². The third-order valence-corrected chi connectivity index (χ3v) is 3.77. The summed E-state index contributed by atoms with van der Waals surface area (Å²) < 4.78 is 12.2. The maximum Gasteiger partial charge on any atom is 0.120 e. The van der Waals surface area contributed by atoms with Crippen LogP contribution in [-0.2, 0) is 4.74 Å². The van der Waals surface area contributed by atoms with E-state index in [-0.39, 0.29) is 5.54 Å². The molecule has 18 heavy (non-hydrogen) atoms. The molecule has 0 saturated heterocycles. The summed E-state index contributed by atoms with van der Waals surface area (Å²) in [6, 6.07) is 7.81. The Balaban J connectivity index is 1.61. The first-order valence-electron chi connectivity index (χ1n) is 6.43. The molecule has 0 amide bonds. The van der Waals surface area contributed by atoms with Crippen molar-refractivity contribution in [1.82, 2.24) is 0 Å². The minimum absolute atomic E-state index is 0.0875. The predicted octanol–water partition coefficient (Wildman–Crippen LogP) is 3.12. The second-order valence-electron chi connectivity index (χ2n) is 4.93. The van der Waals surface area contributed by atoms with Crippen molar-refractivity contribution >= 4 is 15.9 Å². The van der Waals surface area contributed by atoms with Crippen LogP contribution >= 0.6 is 15.9 Å². The highest BCUT2D eigenvalue weighted by Gasteiger charge is 2.29. The van der Waals surface area contributed by atoms with Crippen LogP contribution in [0.2, 0.25) is 0 Å². The van der Waals surface area contributed by atoms with Crippen LogP contribution in [0.1, 0.15) is 25.7 Å². The van der Waals surface area contributed by atoms with E-state index in [0.717, 1.165) is 23.1 Å². The van der Waals surface area contributed by atoms with Crippen molar-refractivity contribution in [2.75, 3.05) is 19.8 Å². The fourth-order valence-electron chi connectivity index (χ4n) is 2.27. The first kappa shape index (κ1) is 13.8. The van der Waals surface area contributed by atoms with Crippen LogP contribution in [0, 0.1) is 0 Å². The molecule has 0 spiro atoms. The van der Waals surface area contributed by atoms with Crippen LogP contribution < -0.4 is 10.5 Å². The maximum absolute atomic E-state index is 6.20. The first-order chi connectivity index (χ1) is 8.68. The number of hydrogen-bond donors (Lipinski definition) is 1. The van der Waals surface area contributed by atoms with Gasteiger partial charge in [-0.2, -0.15) is 0 Å². The van der Waals surface area contributed by atoms with Crippen molar-refractivity contribution in [3.63, 3.8) is 0 Å². The zero-order valence-electron chi connectivity index (χ0n) is 10.5. The van der Waals surface area contributed by atoms with E-state index in [1.165, 1.54) is 12.8 Å². The average molecular weight is 314 g/mol. The Morgan fingerprint density at radius 1 is 1.22 bits per heavy atom. The molecule has 0 heterocycles. The van der Waals surface area contributed by atoms with E-state index >= 15 is 0 Å². The number of hydrogen-bond acceptors (Lipinski definition) is 3. The summed E-state index contributed by atoms with van der Waals surface area (Å²) in [5.41, 5.74) is 6.11. The number of benzene rings is 1. The molecule has 1 saturated carbocycles. The lowest BCUT2D eigenvalue weighted by Crippen LogP contribution is -2.41. The van der Waals surface area contributed by atoms with E-state index in [4.69, 9.17) is 15.2 Å².